The maximum Gasteiger partial charge on any atom is 0.254 e. The van der Waals surface area contributed by atoms with E-state index in [1.807, 2.05) is 0 Å². The molecule has 102 valence electrons. The Morgan fingerprint density at radius 2 is 1.95 bits per heavy atom. The van der Waals surface area contributed by atoms with Gasteiger partial charge in [-0.25, -0.2) is 8.78 Å². The number of rotatable bonds is 1. The molecule has 1 aromatic carbocycles. The van der Waals surface area contributed by atoms with Crippen LogP contribution in [-0.2, 0) is 0 Å². The SMILES string of the molecule is O=C(c1cc(F)cc(F)c1)N1C[C@@H]2CCCN[C@@H]2C1. The minimum atomic E-state index is -0.710. The van der Waals surface area contributed by atoms with E-state index in [-0.39, 0.29) is 11.5 Å². The molecule has 1 aromatic rings. The lowest BCUT2D eigenvalue weighted by Crippen LogP contribution is -2.41. The van der Waals surface area contributed by atoms with E-state index in [0.717, 1.165) is 37.6 Å². The number of fused-ring (bicyclic) bond motifs is 1. The monoisotopic (exact) mass is 266 g/mol. The van der Waals surface area contributed by atoms with Gasteiger partial charge >= 0.3 is 0 Å². The molecule has 3 rings (SSSR count). The Balaban J connectivity index is 1.77. The molecule has 5 heteroatoms. The summed E-state index contributed by atoms with van der Waals surface area (Å²) in [6.45, 7) is 2.29. The summed E-state index contributed by atoms with van der Waals surface area (Å²) >= 11 is 0. The lowest BCUT2D eigenvalue weighted by atomic mass is 9.94. The van der Waals surface area contributed by atoms with Crippen LogP contribution in [0, 0.1) is 17.6 Å². The van der Waals surface area contributed by atoms with Crippen LogP contribution in [0.1, 0.15) is 23.2 Å². The molecule has 19 heavy (non-hydrogen) atoms. The zero-order valence-electron chi connectivity index (χ0n) is 10.5. The van der Waals surface area contributed by atoms with E-state index in [9.17, 15) is 13.6 Å². The van der Waals surface area contributed by atoms with Crippen LogP contribution < -0.4 is 5.32 Å². The number of benzene rings is 1. The first kappa shape index (κ1) is 12.5. The zero-order chi connectivity index (χ0) is 13.4. The van der Waals surface area contributed by atoms with Crippen LogP contribution in [0.3, 0.4) is 0 Å². The molecule has 2 saturated heterocycles. The van der Waals surface area contributed by atoms with Gasteiger partial charge in [0.25, 0.3) is 5.91 Å². The van der Waals surface area contributed by atoms with Crippen molar-refractivity contribution in [1.82, 2.24) is 10.2 Å². The molecule has 0 unspecified atom stereocenters. The van der Waals surface area contributed by atoms with Gasteiger partial charge in [0.1, 0.15) is 11.6 Å². The first-order valence-electron chi connectivity index (χ1n) is 6.62. The number of hydrogen-bond acceptors (Lipinski definition) is 2. The van der Waals surface area contributed by atoms with Gasteiger partial charge in [-0.05, 0) is 37.4 Å². The minimum Gasteiger partial charge on any atom is -0.337 e. The van der Waals surface area contributed by atoms with Crippen LogP contribution in [0.2, 0.25) is 0 Å². The summed E-state index contributed by atoms with van der Waals surface area (Å²) in [4.78, 5) is 14.0. The molecule has 1 N–H and O–H groups in total. The summed E-state index contributed by atoms with van der Waals surface area (Å²) in [7, 11) is 0. The first-order valence-corrected chi connectivity index (χ1v) is 6.62. The third kappa shape index (κ3) is 2.47. The smallest absolute Gasteiger partial charge is 0.254 e. The third-order valence-electron chi connectivity index (χ3n) is 4.00. The quantitative estimate of drug-likeness (QED) is 0.840. The van der Waals surface area contributed by atoms with Gasteiger partial charge in [-0.2, -0.15) is 0 Å². The van der Waals surface area contributed by atoms with Crippen molar-refractivity contribution in [3.8, 4) is 0 Å². The van der Waals surface area contributed by atoms with Crippen molar-refractivity contribution < 1.29 is 13.6 Å². The van der Waals surface area contributed by atoms with E-state index in [0.29, 0.717) is 25.0 Å². The number of halogens is 2. The average molecular weight is 266 g/mol. The fraction of sp³-hybridized carbons (Fsp3) is 0.500. The summed E-state index contributed by atoms with van der Waals surface area (Å²) in [5.74, 6) is -1.23. The molecule has 0 aromatic heterocycles. The second-order valence-electron chi connectivity index (χ2n) is 5.33. The molecule has 0 saturated carbocycles. The number of amides is 1. The molecule has 3 nitrogen and oxygen atoms in total. The van der Waals surface area contributed by atoms with Crippen molar-refractivity contribution in [3.05, 3.63) is 35.4 Å². The first-order chi connectivity index (χ1) is 9.13. The molecule has 0 bridgehead atoms. The van der Waals surface area contributed by atoms with Gasteiger partial charge in [-0.15, -0.1) is 0 Å². The predicted octanol–water partition coefficient (Wildman–Crippen LogP) is 1.79. The largest absolute Gasteiger partial charge is 0.337 e. The highest BCUT2D eigenvalue weighted by Gasteiger charge is 2.36. The topological polar surface area (TPSA) is 32.3 Å². The molecule has 2 heterocycles. The highest BCUT2D eigenvalue weighted by Crippen LogP contribution is 2.26. The van der Waals surface area contributed by atoms with Gasteiger partial charge in [0.15, 0.2) is 0 Å². The normalized spacial score (nSPS) is 26.3. The fourth-order valence-corrected chi connectivity index (χ4v) is 3.07. The van der Waals surface area contributed by atoms with Crippen molar-refractivity contribution in [3.63, 3.8) is 0 Å². The van der Waals surface area contributed by atoms with Crippen LogP contribution in [0.5, 0.6) is 0 Å². The summed E-state index contributed by atoms with van der Waals surface area (Å²) in [5.41, 5.74) is 0.0937. The molecule has 2 aliphatic heterocycles. The molecule has 2 aliphatic rings. The standard InChI is InChI=1S/C14H16F2N2O/c15-11-4-10(5-12(16)6-11)14(19)18-7-9-2-1-3-17-13(9)8-18/h4-6,9,13,17H,1-3,7-8H2/t9-,13+/m0/s1. The summed E-state index contributed by atoms with van der Waals surface area (Å²) in [6, 6.07) is 3.31. The van der Waals surface area contributed by atoms with Crippen LogP contribution >= 0.6 is 0 Å². The van der Waals surface area contributed by atoms with Gasteiger partial charge in [-0.3, -0.25) is 4.79 Å². The maximum absolute atomic E-state index is 13.1. The van der Waals surface area contributed by atoms with Crippen LogP contribution in [0.4, 0.5) is 8.78 Å². The summed E-state index contributed by atoms with van der Waals surface area (Å²) in [5, 5.41) is 3.40. The Morgan fingerprint density at radius 1 is 1.21 bits per heavy atom. The Bertz CT molecular complexity index is 472. The van der Waals surface area contributed by atoms with E-state index in [2.05, 4.69) is 5.32 Å². The highest BCUT2D eigenvalue weighted by atomic mass is 19.1. The third-order valence-corrected chi connectivity index (χ3v) is 4.00. The number of likely N-dealkylation sites (tertiary alicyclic amines) is 1. The lowest BCUT2D eigenvalue weighted by molar-refractivity contribution is 0.0784. The second-order valence-corrected chi connectivity index (χ2v) is 5.33. The number of carbonyl (C=O) groups is 1. The summed E-state index contributed by atoms with van der Waals surface area (Å²) < 4.78 is 26.3. The van der Waals surface area contributed by atoms with E-state index >= 15 is 0 Å². The minimum absolute atomic E-state index is 0.0937. The second kappa shape index (κ2) is 4.89. The molecule has 1 amide bonds. The zero-order valence-corrected chi connectivity index (χ0v) is 10.5. The number of nitrogens with zero attached hydrogens (tertiary/aromatic N) is 1. The Hall–Kier alpha value is -1.49. The summed E-state index contributed by atoms with van der Waals surface area (Å²) in [6.07, 6.45) is 2.23. The Morgan fingerprint density at radius 3 is 2.63 bits per heavy atom. The fourth-order valence-electron chi connectivity index (χ4n) is 3.07. The molecule has 0 spiro atoms. The van der Waals surface area contributed by atoms with Crippen molar-refractivity contribution >= 4 is 5.91 Å². The average Bonchev–Trinajstić information content (AvgIpc) is 2.80. The molecule has 0 aliphatic carbocycles. The van der Waals surface area contributed by atoms with Crippen LogP contribution in [-0.4, -0.2) is 36.5 Å². The van der Waals surface area contributed by atoms with Crippen molar-refractivity contribution in [2.45, 2.75) is 18.9 Å². The molecule has 2 atom stereocenters. The van der Waals surface area contributed by atoms with E-state index < -0.39 is 11.6 Å². The van der Waals surface area contributed by atoms with Gasteiger partial charge in [0.05, 0.1) is 0 Å². The number of carbonyl (C=O) groups excluding carboxylic acids is 1. The van der Waals surface area contributed by atoms with E-state index in [1.54, 1.807) is 4.90 Å². The number of piperidine rings is 1. The number of nitrogens with one attached hydrogen (secondary N) is 1. The predicted molar refractivity (Wildman–Crippen MR) is 66.8 cm³/mol. The van der Waals surface area contributed by atoms with Crippen molar-refractivity contribution in [2.75, 3.05) is 19.6 Å². The molecule has 0 radical (unpaired) electrons. The van der Waals surface area contributed by atoms with Gasteiger partial charge in [0, 0.05) is 30.8 Å². The molecular formula is C14H16F2N2O. The highest BCUT2D eigenvalue weighted by molar-refractivity contribution is 5.94. The Labute approximate surface area is 110 Å². The van der Waals surface area contributed by atoms with Gasteiger partial charge in [0.2, 0.25) is 0 Å². The van der Waals surface area contributed by atoms with Crippen LogP contribution in [0.25, 0.3) is 0 Å². The molecule has 2 fully saturated rings. The van der Waals surface area contributed by atoms with Gasteiger partial charge in [-0.1, -0.05) is 0 Å². The van der Waals surface area contributed by atoms with E-state index in [4.69, 9.17) is 0 Å². The van der Waals surface area contributed by atoms with Gasteiger partial charge < -0.3 is 10.2 Å². The molecular weight excluding hydrogens is 250 g/mol. The van der Waals surface area contributed by atoms with Crippen LogP contribution in [0.15, 0.2) is 18.2 Å². The van der Waals surface area contributed by atoms with Crippen molar-refractivity contribution in [2.24, 2.45) is 5.92 Å². The number of hydrogen-bond donors (Lipinski definition) is 1. The lowest BCUT2D eigenvalue weighted by Gasteiger charge is -2.24. The maximum atomic E-state index is 13.1. The van der Waals surface area contributed by atoms with E-state index in [1.165, 1.54) is 0 Å². The van der Waals surface area contributed by atoms with Crippen molar-refractivity contribution in [1.29, 1.82) is 0 Å². The Kier molecular flexibility index (Phi) is 3.22.